The maximum atomic E-state index is 13.0. The first kappa shape index (κ1) is 19.0. The van der Waals surface area contributed by atoms with Crippen LogP contribution in [0.1, 0.15) is 20.0 Å². The molecule has 1 saturated heterocycles. The summed E-state index contributed by atoms with van der Waals surface area (Å²) < 4.78 is 1.15. The Bertz CT molecular complexity index is 1170. The van der Waals surface area contributed by atoms with Crippen LogP contribution in [0.2, 0.25) is 0 Å². The van der Waals surface area contributed by atoms with Gasteiger partial charge in [0.1, 0.15) is 5.01 Å². The van der Waals surface area contributed by atoms with Crippen LogP contribution < -0.4 is 0 Å². The van der Waals surface area contributed by atoms with Gasteiger partial charge in [0.05, 0.1) is 20.0 Å². The zero-order chi connectivity index (χ0) is 20.5. The summed E-state index contributed by atoms with van der Waals surface area (Å²) in [7, 11) is 0. The van der Waals surface area contributed by atoms with Gasteiger partial charge in [-0.2, -0.15) is 0 Å². The number of nitrogens with zero attached hydrogens (tertiary/aromatic N) is 3. The number of carbonyl (C=O) groups excluding carboxylic acids is 2. The van der Waals surface area contributed by atoms with E-state index in [1.165, 1.54) is 11.3 Å². The van der Waals surface area contributed by atoms with E-state index in [1.54, 1.807) is 11.3 Å². The lowest BCUT2D eigenvalue weighted by Gasteiger charge is -2.34. The largest absolute Gasteiger partial charge is 0.335 e. The number of para-hydroxylation sites is 1. The molecule has 0 radical (unpaired) electrons. The van der Waals surface area contributed by atoms with E-state index in [0.717, 1.165) is 20.1 Å². The van der Waals surface area contributed by atoms with Gasteiger partial charge in [0.2, 0.25) is 0 Å². The predicted molar refractivity (Wildman–Crippen MR) is 121 cm³/mol. The van der Waals surface area contributed by atoms with Gasteiger partial charge >= 0.3 is 0 Å². The van der Waals surface area contributed by atoms with E-state index in [1.807, 2.05) is 70.5 Å². The van der Waals surface area contributed by atoms with E-state index >= 15 is 0 Å². The van der Waals surface area contributed by atoms with Crippen LogP contribution >= 0.6 is 22.7 Å². The number of hydrogen-bond acceptors (Lipinski definition) is 5. The molecule has 0 N–H and O–H groups in total. The highest BCUT2D eigenvalue weighted by Gasteiger charge is 2.26. The van der Waals surface area contributed by atoms with Crippen molar-refractivity contribution in [2.45, 2.75) is 0 Å². The fourth-order valence-corrected chi connectivity index (χ4v) is 5.57. The maximum absolute atomic E-state index is 13.0. The Morgan fingerprint density at radius 1 is 0.733 bits per heavy atom. The zero-order valence-electron chi connectivity index (χ0n) is 16.2. The molecule has 3 heterocycles. The summed E-state index contributed by atoms with van der Waals surface area (Å²) in [5.41, 5.74) is 1.67. The highest BCUT2D eigenvalue weighted by Crippen LogP contribution is 2.34. The van der Waals surface area contributed by atoms with Crippen molar-refractivity contribution in [3.8, 4) is 9.88 Å². The molecular formula is C23H19N3O2S2. The molecule has 4 aromatic rings. The highest BCUT2D eigenvalue weighted by atomic mass is 32.1. The summed E-state index contributed by atoms with van der Waals surface area (Å²) in [5, 5.41) is 0.943. The van der Waals surface area contributed by atoms with Gasteiger partial charge in [-0.25, -0.2) is 4.98 Å². The molecule has 0 unspecified atom stereocenters. The monoisotopic (exact) mass is 433 g/mol. The molecule has 0 aliphatic carbocycles. The Kier molecular flexibility index (Phi) is 5.06. The van der Waals surface area contributed by atoms with Gasteiger partial charge in [0, 0.05) is 31.7 Å². The number of fused-ring (bicyclic) bond motifs is 1. The van der Waals surface area contributed by atoms with Crippen molar-refractivity contribution >= 4 is 44.7 Å². The first-order valence-corrected chi connectivity index (χ1v) is 11.4. The van der Waals surface area contributed by atoms with E-state index in [-0.39, 0.29) is 11.8 Å². The van der Waals surface area contributed by atoms with Crippen LogP contribution in [-0.4, -0.2) is 52.8 Å². The van der Waals surface area contributed by atoms with Gasteiger partial charge in [-0.15, -0.1) is 22.7 Å². The molecule has 1 fully saturated rings. The molecule has 2 aromatic heterocycles. The number of thiophene rings is 1. The number of piperazine rings is 1. The van der Waals surface area contributed by atoms with E-state index < -0.39 is 0 Å². The highest BCUT2D eigenvalue weighted by molar-refractivity contribution is 7.26. The van der Waals surface area contributed by atoms with Gasteiger partial charge in [-0.3, -0.25) is 9.59 Å². The minimum absolute atomic E-state index is 0.0249. The molecule has 1 aliphatic rings. The standard InChI is InChI=1S/C23H19N3O2S2/c27-22(16-6-2-1-3-7-16)25-12-14-26(15-13-25)23(28)20-11-10-19(29-20)21-24-17-8-4-5-9-18(17)30-21/h1-11H,12-15H2. The molecule has 0 saturated carbocycles. The lowest BCUT2D eigenvalue weighted by molar-refractivity contribution is 0.0538. The number of benzene rings is 2. The van der Waals surface area contributed by atoms with Crippen molar-refractivity contribution in [1.29, 1.82) is 0 Å². The van der Waals surface area contributed by atoms with Gasteiger partial charge < -0.3 is 9.80 Å². The van der Waals surface area contributed by atoms with Crippen molar-refractivity contribution in [1.82, 2.24) is 14.8 Å². The van der Waals surface area contributed by atoms with E-state index in [2.05, 4.69) is 11.1 Å². The van der Waals surface area contributed by atoms with Crippen LogP contribution in [0.25, 0.3) is 20.1 Å². The normalized spacial score (nSPS) is 14.3. The summed E-state index contributed by atoms with van der Waals surface area (Å²) in [6.07, 6.45) is 0. The first-order chi connectivity index (χ1) is 14.7. The SMILES string of the molecule is O=C(c1ccccc1)N1CCN(C(=O)c2ccc(-c3nc4ccccc4s3)s2)CC1. The molecule has 7 heteroatoms. The summed E-state index contributed by atoms with van der Waals surface area (Å²) in [6, 6.07) is 21.2. The molecule has 0 atom stereocenters. The lowest BCUT2D eigenvalue weighted by Crippen LogP contribution is -2.50. The fourth-order valence-electron chi connectivity index (χ4n) is 3.58. The van der Waals surface area contributed by atoms with Crippen LogP contribution in [-0.2, 0) is 0 Å². The molecule has 0 bridgehead atoms. The van der Waals surface area contributed by atoms with Gasteiger partial charge in [-0.05, 0) is 36.4 Å². The summed E-state index contributed by atoms with van der Waals surface area (Å²) in [5.74, 6) is 0.0520. The van der Waals surface area contributed by atoms with Crippen molar-refractivity contribution in [2.24, 2.45) is 0 Å². The Balaban J connectivity index is 1.26. The maximum Gasteiger partial charge on any atom is 0.264 e. The molecule has 150 valence electrons. The molecule has 30 heavy (non-hydrogen) atoms. The Labute approximate surface area is 182 Å². The smallest absolute Gasteiger partial charge is 0.264 e. The Morgan fingerprint density at radius 2 is 1.40 bits per heavy atom. The van der Waals surface area contributed by atoms with E-state index in [0.29, 0.717) is 36.6 Å². The fraction of sp³-hybridized carbons (Fsp3) is 0.174. The second kappa shape index (κ2) is 8.01. The topological polar surface area (TPSA) is 53.5 Å². The molecule has 1 aliphatic heterocycles. The average molecular weight is 434 g/mol. The summed E-state index contributed by atoms with van der Waals surface area (Å²) >= 11 is 3.13. The predicted octanol–water partition coefficient (Wildman–Crippen LogP) is 4.62. The minimum atomic E-state index is 0.0249. The third-order valence-corrected chi connectivity index (χ3v) is 7.48. The zero-order valence-corrected chi connectivity index (χ0v) is 17.8. The average Bonchev–Trinajstić information content (AvgIpc) is 3.46. The number of amides is 2. The molecule has 2 amide bonds. The van der Waals surface area contributed by atoms with Crippen LogP contribution in [0.15, 0.2) is 66.7 Å². The Morgan fingerprint density at radius 3 is 2.13 bits per heavy atom. The van der Waals surface area contributed by atoms with Gasteiger partial charge in [-0.1, -0.05) is 30.3 Å². The number of rotatable bonds is 3. The number of aromatic nitrogens is 1. The summed E-state index contributed by atoms with van der Waals surface area (Å²) in [6.45, 7) is 2.20. The van der Waals surface area contributed by atoms with E-state index in [4.69, 9.17) is 0 Å². The quantitative estimate of drug-likeness (QED) is 0.474. The molecule has 5 rings (SSSR count). The molecule has 0 spiro atoms. The third kappa shape index (κ3) is 3.62. The van der Waals surface area contributed by atoms with E-state index in [9.17, 15) is 9.59 Å². The number of thiazole rings is 1. The summed E-state index contributed by atoms with van der Waals surface area (Å²) in [4.78, 5) is 35.6. The van der Waals surface area contributed by atoms with Crippen molar-refractivity contribution < 1.29 is 9.59 Å². The van der Waals surface area contributed by atoms with Crippen molar-refractivity contribution in [3.63, 3.8) is 0 Å². The number of hydrogen-bond donors (Lipinski definition) is 0. The lowest BCUT2D eigenvalue weighted by atomic mass is 10.2. The second-order valence-electron chi connectivity index (χ2n) is 7.10. The first-order valence-electron chi connectivity index (χ1n) is 9.78. The van der Waals surface area contributed by atoms with Crippen LogP contribution in [0.3, 0.4) is 0 Å². The Hall–Kier alpha value is -3.03. The van der Waals surface area contributed by atoms with Crippen LogP contribution in [0, 0.1) is 0 Å². The molecular weight excluding hydrogens is 414 g/mol. The van der Waals surface area contributed by atoms with Crippen molar-refractivity contribution in [2.75, 3.05) is 26.2 Å². The van der Waals surface area contributed by atoms with Crippen LogP contribution in [0.5, 0.6) is 0 Å². The van der Waals surface area contributed by atoms with Gasteiger partial charge in [0.25, 0.3) is 11.8 Å². The minimum Gasteiger partial charge on any atom is -0.335 e. The van der Waals surface area contributed by atoms with Crippen molar-refractivity contribution in [3.05, 3.63) is 77.2 Å². The van der Waals surface area contributed by atoms with Crippen LogP contribution in [0.4, 0.5) is 0 Å². The number of carbonyl (C=O) groups is 2. The molecule has 5 nitrogen and oxygen atoms in total. The second-order valence-corrected chi connectivity index (χ2v) is 9.22. The third-order valence-electron chi connectivity index (χ3n) is 5.20. The van der Waals surface area contributed by atoms with Gasteiger partial charge in [0.15, 0.2) is 0 Å². The molecule has 2 aromatic carbocycles.